The molecular formula is C19H18ClN3O3S. The molecule has 0 fully saturated rings. The van der Waals surface area contributed by atoms with Crippen LogP contribution < -0.4 is 10.5 Å². The lowest BCUT2D eigenvalue weighted by Gasteiger charge is -2.11. The van der Waals surface area contributed by atoms with E-state index in [1.165, 1.54) is 36.5 Å². The summed E-state index contributed by atoms with van der Waals surface area (Å²) in [5.41, 5.74) is 7.72. The van der Waals surface area contributed by atoms with Gasteiger partial charge in [-0.25, -0.2) is 14.8 Å². The topological polar surface area (TPSA) is 87.3 Å². The van der Waals surface area contributed by atoms with Gasteiger partial charge < -0.3 is 15.2 Å². The summed E-state index contributed by atoms with van der Waals surface area (Å²) in [5.74, 6) is 0.673. The molecule has 27 heavy (non-hydrogen) atoms. The number of anilines is 1. The van der Waals surface area contributed by atoms with Crippen molar-refractivity contribution < 1.29 is 14.3 Å². The summed E-state index contributed by atoms with van der Waals surface area (Å²) < 4.78 is 10.6. The second kappa shape index (κ2) is 7.32. The van der Waals surface area contributed by atoms with E-state index in [9.17, 15) is 4.79 Å². The minimum Gasteiger partial charge on any atom is -0.496 e. The van der Waals surface area contributed by atoms with Crippen LogP contribution in [0.4, 0.5) is 5.82 Å². The van der Waals surface area contributed by atoms with E-state index in [-0.39, 0.29) is 12.2 Å². The van der Waals surface area contributed by atoms with Crippen LogP contribution in [0.25, 0.3) is 10.2 Å². The average molecular weight is 404 g/mol. The van der Waals surface area contributed by atoms with Gasteiger partial charge in [0.25, 0.3) is 0 Å². The van der Waals surface area contributed by atoms with Gasteiger partial charge in [0.1, 0.15) is 22.0 Å². The van der Waals surface area contributed by atoms with Crippen LogP contribution in [-0.2, 0) is 24.2 Å². The Morgan fingerprint density at radius 3 is 2.93 bits per heavy atom. The first-order valence-corrected chi connectivity index (χ1v) is 9.83. The summed E-state index contributed by atoms with van der Waals surface area (Å²) in [6, 6.07) is 4.78. The van der Waals surface area contributed by atoms with Gasteiger partial charge in [-0.3, -0.25) is 0 Å². The molecule has 1 aliphatic carbocycles. The summed E-state index contributed by atoms with van der Waals surface area (Å²) in [6.45, 7) is -0.0722. The van der Waals surface area contributed by atoms with E-state index in [1.54, 1.807) is 23.5 Å². The summed E-state index contributed by atoms with van der Waals surface area (Å²) in [7, 11) is 1.48. The standard InChI is InChI=1S/C19H18ClN3O3S/c1-25-13-7-6-10(20)8-12(13)19(24)26-9-15-22-17(21)16-11-4-2-3-5-14(11)27-18(16)23-15/h6-8H,2-5,9H2,1H3,(H2,21,22,23). The van der Waals surface area contributed by atoms with Crippen LogP contribution in [-0.4, -0.2) is 23.0 Å². The third kappa shape index (κ3) is 3.44. The molecule has 6 nitrogen and oxygen atoms in total. The molecule has 4 rings (SSSR count). The number of esters is 1. The molecule has 1 aromatic carbocycles. The molecule has 0 unspecified atom stereocenters. The molecule has 0 saturated heterocycles. The molecule has 8 heteroatoms. The minimum absolute atomic E-state index is 0.0722. The maximum absolute atomic E-state index is 12.4. The van der Waals surface area contributed by atoms with Crippen LogP contribution in [0.15, 0.2) is 18.2 Å². The number of methoxy groups -OCH3 is 1. The normalized spacial score (nSPS) is 13.4. The van der Waals surface area contributed by atoms with Crippen molar-refractivity contribution in [1.82, 2.24) is 9.97 Å². The van der Waals surface area contributed by atoms with E-state index >= 15 is 0 Å². The second-order valence-electron chi connectivity index (χ2n) is 6.34. The number of carbonyl (C=O) groups is 1. The quantitative estimate of drug-likeness (QED) is 0.658. The molecule has 2 heterocycles. The summed E-state index contributed by atoms with van der Waals surface area (Å²) >= 11 is 7.63. The predicted octanol–water partition coefficient (Wildman–Crippen LogP) is 4.17. The second-order valence-corrected chi connectivity index (χ2v) is 7.86. The van der Waals surface area contributed by atoms with E-state index in [0.717, 1.165) is 23.1 Å². The van der Waals surface area contributed by atoms with E-state index in [2.05, 4.69) is 9.97 Å². The average Bonchev–Trinajstić information content (AvgIpc) is 3.05. The van der Waals surface area contributed by atoms with Gasteiger partial charge in [-0.1, -0.05) is 11.6 Å². The zero-order valence-corrected chi connectivity index (χ0v) is 16.3. The molecule has 0 spiro atoms. The van der Waals surface area contributed by atoms with E-state index < -0.39 is 5.97 Å². The van der Waals surface area contributed by atoms with Gasteiger partial charge in [0.2, 0.25) is 0 Å². The van der Waals surface area contributed by atoms with Crippen LogP contribution in [0.3, 0.4) is 0 Å². The monoisotopic (exact) mass is 403 g/mol. The fraction of sp³-hybridized carbons (Fsp3) is 0.316. The molecular weight excluding hydrogens is 386 g/mol. The lowest BCUT2D eigenvalue weighted by Crippen LogP contribution is -2.10. The molecule has 3 aromatic rings. The first-order valence-electron chi connectivity index (χ1n) is 8.64. The Morgan fingerprint density at radius 2 is 2.11 bits per heavy atom. The van der Waals surface area contributed by atoms with E-state index in [0.29, 0.717) is 22.4 Å². The molecule has 0 radical (unpaired) electrons. The molecule has 1 aliphatic rings. The van der Waals surface area contributed by atoms with Crippen LogP contribution >= 0.6 is 22.9 Å². The molecule has 0 aliphatic heterocycles. The zero-order valence-electron chi connectivity index (χ0n) is 14.8. The largest absolute Gasteiger partial charge is 0.496 e. The third-order valence-electron chi connectivity index (χ3n) is 4.60. The fourth-order valence-electron chi connectivity index (χ4n) is 3.34. The van der Waals surface area contributed by atoms with E-state index in [4.69, 9.17) is 26.8 Å². The smallest absolute Gasteiger partial charge is 0.342 e. The third-order valence-corrected chi connectivity index (χ3v) is 6.02. The van der Waals surface area contributed by atoms with Gasteiger partial charge in [-0.2, -0.15) is 0 Å². The number of benzene rings is 1. The van der Waals surface area contributed by atoms with Crippen molar-refractivity contribution in [2.45, 2.75) is 32.3 Å². The summed E-state index contributed by atoms with van der Waals surface area (Å²) in [4.78, 5) is 23.5. The minimum atomic E-state index is -0.554. The number of aromatic nitrogens is 2. The lowest BCUT2D eigenvalue weighted by atomic mass is 9.97. The highest BCUT2D eigenvalue weighted by molar-refractivity contribution is 7.19. The molecule has 0 amide bonds. The number of nitrogen functional groups attached to an aromatic ring is 1. The van der Waals surface area contributed by atoms with Crippen molar-refractivity contribution in [3.63, 3.8) is 0 Å². The number of carbonyl (C=O) groups excluding carboxylic acids is 1. The molecule has 0 bridgehead atoms. The predicted molar refractivity (Wildman–Crippen MR) is 106 cm³/mol. The Bertz CT molecular complexity index is 1030. The number of nitrogens with zero attached hydrogens (tertiary/aromatic N) is 2. The van der Waals surface area contributed by atoms with Crippen molar-refractivity contribution in [3.05, 3.63) is 45.1 Å². The number of hydrogen-bond acceptors (Lipinski definition) is 7. The van der Waals surface area contributed by atoms with E-state index in [1.807, 2.05) is 0 Å². The number of ether oxygens (including phenoxy) is 2. The summed E-state index contributed by atoms with van der Waals surface area (Å²) in [6.07, 6.45) is 4.44. The number of fused-ring (bicyclic) bond motifs is 3. The maximum atomic E-state index is 12.4. The van der Waals surface area contributed by atoms with Gasteiger partial charge in [0.05, 0.1) is 12.5 Å². The van der Waals surface area contributed by atoms with Crippen LogP contribution in [0.1, 0.15) is 39.5 Å². The number of aryl methyl sites for hydroxylation is 2. The van der Waals surface area contributed by atoms with Gasteiger partial charge in [-0.05, 0) is 49.4 Å². The molecule has 2 aromatic heterocycles. The van der Waals surface area contributed by atoms with Crippen LogP contribution in [0.5, 0.6) is 5.75 Å². The van der Waals surface area contributed by atoms with Crippen molar-refractivity contribution in [3.8, 4) is 5.75 Å². The van der Waals surface area contributed by atoms with Gasteiger partial charge >= 0.3 is 5.97 Å². The highest BCUT2D eigenvalue weighted by atomic mass is 35.5. The Kier molecular flexibility index (Phi) is 4.88. The van der Waals surface area contributed by atoms with Gasteiger partial charge in [0.15, 0.2) is 12.4 Å². The van der Waals surface area contributed by atoms with Gasteiger partial charge in [-0.15, -0.1) is 11.3 Å². The number of halogens is 1. The Morgan fingerprint density at radius 1 is 1.30 bits per heavy atom. The highest BCUT2D eigenvalue weighted by Crippen LogP contribution is 2.37. The first-order chi connectivity index (χ1) is 13.1. The molecule has 2 N–H and O–H groups in total. The van der Waals surface area contributed by atoms with Crippen molar-refractivity contribution in [1.29, 1.82) is 0 Å². The highest BCUT2D eigenvalue weighted by Gasteiger charge is 2.21. The Hall–Kier alpha value is -2.38. The van der Waals surface area contributed by atoms with Gasteiger partial charge in [0, 0.05) is 9.90 Å². The zero-order chi connectivity index (χ0) is 19.0. The van der Waals surface area contributed by atoms with Crippen LogP contribution in [0, 0.1) is 0 Å². The Balaban J connectivity index is 1.57. The fourth-order valence-corrected chi connectivity index (χ4v) is 4.80. The first kappa shape index (κ1) is 18.0. The maximum Gasteiger partial charge on any atom is 0.342 e. The molecule has 0 saturated carbocycles. The Labute approximate surface area is 165 Å². The lowest BCUT2D eigenvalue weighted by molar-refractivity contribution is 0.0459. The van der Waals surface area contributed by atoms with Crippen molar-refractivity contribution in [2.75, 3.05) is 12.8 Å². The number of thiophene rings is 1. The number of rotatable bonds is 4. The summed E-state index contributed by atoms with van der Waals surface area (Å²) in [5, 5.41) is 1.38. The molecule has 0 atom stereocenters. The molecule has 140 valence electrons. The van der Waals surface area contributed by atoms with Crippen molar-refractivity contribution in [2.24, 2.45) is 0 Å². The SMILES string of the molecule is COc1ccc(Cl)cc1C(=O)OCc1nc(N)c2c3c(sc2n1)CCCC3. The number of hydrogen-bond donors (Lipinski definition) is 1. The number of nitrogens with two attached hydrogens (primary N) is 1. The van der Waals surface area contributed by atoms with Crippen molar-refractivity contribution >= 4 is 44.9 Å². The van der Waals surface area contributed by atoms with Crippen LogP contribution in [0.2, 0.25) is 5.02 Å².